The molecule has 0 aromatic heterocycles. The summed E-state index contributed by atoms with van der Waals surface area (Å²) in [4.78, 5) is 0. The van der Waals surface area contributed by atoms with Gasteiger partial charge in [0.1, 0.15) is 0 Å². The first-order valence-corrected chi connectivity index (χ1v) is 8.75. The second-order valence-electron chi connectivity index (χ2n) is 6.96. The van der Waals surface area contributed by atoms with Gasteiger partial charge in [-0.25, -0.2) is 0 Å². The summed E-state index contributed by atoms with van der Waals surface area (Å²) in [5, 5.41) is 0. The lowest BCUT2D eigenvalue weighted by atomic mass is 10.1. The molecule has 0 unspecified atom stereocenters. The molecule has 0 aliphatic heterocycles. The Hall–Kier alpha value is -1.86. The summed E-state index contributed by atoms with van der Waals surface area (Å²) in [7, 11) is 0. The Morgan fingerprint density at radius 2 is 1.52 bits per heavy atom. The summed E-state index contributed by atoms with van der Waals surface area (Å²) in [6, 6.07) is 21.4. The average molecular weight is 304 g/mol. The molecule has 2 aliphatic carbocycles. The first kappa shape index (κ1) is 14.7. The van der Waals surface area contributed by atoms with Crippen molar-refractivity contribution in [2.24, 2.45) is 17.8 Å². The van der Waals surface area contributed by atoms with Crippen molar-refractivity contribution in [3.8, 4) is 0 Å². The van der Waals surface area contributed by atoms with Crippen LogP contribution < -0.4 is 0 Å². The zero-order chi connectivity index (χ0) is 15.5. The number of rotatable bonds is 7. The van der Waals surface area contributed by atoms with Crippen molar-refractivity contribution >= 4 is 0 Å². The minimum absolute atomic E-state index is 0.740. The zero-order valence-electron chi connectivity index (χ0n) is 13.5. The predicted molar refractivity (Wildman–Crippen MR) is 94.1 cm³/mol. The highest BCUT2D eigenvalue weighted by molar-refractivity contribution is 5.28. The lowest BCUT2D eigenvalue weighted by Crippen LogP contribution is -1.98. The zero-order valence-corrected chi connectivity index (χ0v) is 13.5. The molecule has 2 aromatic carbocycles. The number of ether oxygens (including phenoxy) is 1. The Morgan fingerprint density at radius 3 is 2.30 bits per heavy atom. The van der Waals surface area contributed by atoms with Gasteiger partial charge in [0.2, 0.25) is 0 Å². The molecule has 2 aliphatic rings. The molecule has 1 nitrogen and oxygen atoms in total. The normalized spacial score (nSPS) is 28.9. The average Bonchev–Trinajstić information content (AvgIpc) is 3.51. The van der Waals surface area contributed by atoms with E-state index in [-0.39, 0.29) is 0 Å². The maximum Gasteiger partial charge on any atom is 0.0717 e. The van der Waals surface area contributed by atoms with Gasteiger partial charge in [-0.2, -0.15) is 0 Å². The Balaban J connectivity index is 1.17. The van der Waals surface area contributed by atoms with E-state index in [1.165, 1.54) is 24.0 Å². The minimum Gasteiger partial charge on any atom is -0.376 e. The molecule has 0 radical (unpaired) electrons. The molecular formula is C22H24O. The topological polar surface area (TPSA) is 9.23 Å². The third-order valence-electron chi connectivity index (χ3n) is 5.09. The van der Waals surface area contributed by atoms with E-state index in [9.17, 15) is 0 Å². The Bertz CT molecular complexity index is 646. The number of hydrogen-bond donors (Lipinski definition) is 0. The summed E-state index contributed by atoms with van der Waals surface area (Å²) < 4.78 is 5.85. The highest BCUT2D eigenvalue weighted by Gasteiger charge is 2.38. The van der Waals surface area contributed by atoms with Crippen molar-refractivity contribution < 1.29 is 4.74 Å². The summed E-state index contributed by atoms with van der Waals surface area (Å²) in [5.41, 5.74) is 2.77. The van der Waals surface area contributed by atoms with E-state index in [4.69, 9.17) is 4.74 Å². The van der Waals surface area contributed by atoms with Gasteiger partial charge in [0, 0.05) is 0 Å². The van der Waals surface area contributed by atoms with Gasteiger partial charge in [0.15, 0.2) is 0 Å². The summed E-state index contributed by atoms with van der Waals surface area (Å²) >= 11 is 0. The van der Waals surface area contributed by atoms with Gasteiger partial charge in [-0.1, -0.05) is 72.8 Å². The van der Waals surface area contributed by atoms with Crippen molar-refractivity contribution in [2.75, 3.05) is 6.61 Å². The van der Waals surface area contributed by atoms with Gasteiger partial charge in [0.05, 0.1) is 13.2 Å². The van der Waals surface area contributed by atoms with Crippen LogP contribution in [0.1, 0.15) is 29.9 Å². The smallest absolute Gasteiger partial charge is 0.0717 e. The molecule has 0 amide bonds. The van der Waals surface area contributed by atoms with Crippen LogP contribution in [0.3, 0.4) is 0 Å². The SMILES string of the molecule is C(=C\[C@@H]1C[C@H]1c1ccccc1)/[C@@H]1C[C@H]1COCc1ccccc1. The fraction of sp³-hybridized carbons (Fsp3) is 0.364. The van der Waals surface area contributed by atoms with Crippen LogP contribution in [0.2, 0.25) is 0 Å². The monoisotopic (exact) mass is 304 g/mol. The van der Waals surface area contributed by atoms with Gasteiger partial charge in [-0.3, -0.25) is 0 Å². The molecule has 1 heteroatoms. The molecule has 2 fully saturated rings. The van der Waals surface area contributed by atoms with Gasteiger partial charge in [-0.05, 0) is 47.6 Å². The quantitative estimate of drug-likeness (QED) is 0.639. The van der Waals surface area contributed by atoms with Crippen molar-refractivity contribution in [1.82, 2.24) is 0 Å². The maximum atomic E-state index is 5.85. The Labute approximate surface area is 139 Å². The standard InChI is InChI=1S/C22H24O/c1-3-7-17(8-4-1)15-23-16-21-13-19(21)11-12-20-14-22(20)18-9-5-2-6-10-18/h1-12,19-22H,13-16H2/b12-11+/t19-,20-,21+,22+/m1/s1. The molecular weight excluding hydrogens is 280 g/mol. The molecule has 23 heavy (non-hydrogen) atoms. The van der Waals surface area contributed by atoms with Crippen molar-refractivity contribution in [3.63, 3.8) is 0 Å². The van der Waals surface area contributed by atoms with Crippen LogP contribution in [-0.4, -0.2) is 6.61 Å². The number of allylic oxidation sites excluding steroid dienone is 2. The number of hydrogen-bond acceptors (Lipinski definition) is 1. The Kier molecular flexibility index (Phi) is 4.30. The fourth-order valence-electron chi connectivity index (χ4n) is 3.40. The van der Waals surface area contributed by atoms with Crippen LogP contribution in [-0.2, 0) is 11.3 Å². The van der Waals surface area contributed by atoms with E-state index in [1.807, 2.05) is 6.07 Å². The van der Waals surface area contributed by atoms with E-state index in [0.29, 0.717) is 0 Å². The molecule has 0 heterocycles. The highest BCUT2D eigenvalue weighted by atomic mass is 16.5. The summed E-state index contributed by atoms with van der Waals surface area (Å²) in [6.45, 7) is 1.64. The first-order chi connectivity index (χ1) is 11.4. The van der Waals surface area contributed by atoms with Crippen LogP contribution in [0.4, 0.5) is 0 Å². The van der Waals surface area contributed by atoms with Crippen LogP contribution in [0, 0.1) is 17.8 Å². The number of benzene rings is 2. The molecule has 0 bridgehead atoms. The summed E-state index contributed by atoms with van der Waals surface area (Å²) in [5.74, 6) is 3.02. The molecule has 0 N–H and O–H groups in total. The molecule has 2 saturated carbocycles. The summed E-state index contributed by atoms with van der Waals surface area (Å²) in [6.07, 6.45) is 7.53. The lowest BCUT2D eigenvalue weighted by Gasteiger charge is -2.03. The van der Waals surface area contributed by atoms with Crippen LogP contribution in [0.25, 0.3) is 0 Å². The van der Waals surface area contributed by atoms with Crippen molar-refractivity contribution in [3.05, 3.63) is 83.9 Å². The highest BCUT2D eigenvalue weighted by Crippen LogP contribution is 2.49. The third-order valence-corrected chi connectivity index (χ3v) is 5.09. The largest absolute Gasteiger partial charge is 0.376 e. The molecule has 2 aromatic rings. The van der Waals surface area contributed by atoms with Crippen molar-refractivity contribution in [2.45, 2.75) is 25.4 Å². The second kappa shape index (κ2) is 6.72. The van der Waals surface area contributed by atoms with E-state index < -0.39 is 0 Å². The third kappa shape index (κ3) is 3.92. The van der Waals surface area contributed by atoms with E-state index >= 15 is 0 Å². The van der Waals surface area contributed by atoms with Gasteiger partial charge in [-0.15, -0.1) is 0 Å². The first-order valence-electron chi connectivity index (χ1n) is 8.75. The van der Waals surface area contributed by atoms with E-state index in [0.717, 1.165) is 36.9 Å². The fourth-order valence-corrected chi connectivity index (χ4v) is 3.40. The Morgan fingerprint density at radius 1 is 0.826 bits per heavy atom. The lowest BCUT2D eigenvalue weighted by molar-refractivity contribution is 0.109. The van der Waals surface area contributed by atoms with Crippen LogP contribution in [0.5, 0.6) is 0 Å². The molecule has 0 saturated heterocycles. The molecule has 4 rings (SSSR count). The minimum atomic E-state index is 0.740. The van der Waals surface area contributed by atoms with E-state index in [1.54, 1.807) is 0 Å². The van der Waals surface area contributed by atoms with Gasteiger partial charge < -0.3 is 4.74 Å². The van der Waals surface area contributed by atoms with Gasteiger partial charge >= 0.3 is 0 Å². The van der Waals surface area contributed by atoms with Crippen molar-refractivity contribution in [1.29, 1.82) is 0 Å². The maximum absolute atomic E-state index is 5.85. The molecule has 118 valence electrons. The second-order valence-corrected chi connectivity index (χ2v) is 6.96. The van der Waals surface area contributed by atoms with Crippen LogP contribution >= 0.6 is 0 Å². The molecule has 0 spiro atoms. The van der Waals surface area contributed by atoms with Crippen LogP contribution in [0.15, 0.2) is 72.8 Å². The predicted octanol–water partition coefficient (Wildman–Crippen LogP) is 5.20. The van der Waals surface area contributed by atoms with Gasteiger partial charge in [0.25, 0.3) is 0 Å². The molecule has 4 atom stereocenters. The van der Waals surface area contributed by atoms with E-state index in [2.05, 4.69) is 66.7 Å².